The Morgan fingerprint density at radius 2 is 1.33 bits per heavy atom. The molecule has 0 rings (SSSR count). The van der Waals surface area contributed by atoms with Crippen LogP contribution in [0.15, 0.2) is 0 Å². The zero-order valence-corrected chi connectivity index (χ0v) is 16.3. The van der Waals surface area contributed by atoms with Gasteiger partial charge in [0.15, 0.2) is 0 Å². The number of nitrogens with zero attached hydrogens (tertiary/aromatic N) is 1. The fraction of sp³-hybridized carbons (Fsp3) is 1.00. The van der Waals surface area contributed by atoms with E-state index in [0.29, 0.717) is 17.7 Å². The molecule has 3 atom stereocenters. The van der Waals surface area contributed by atoms with Gasteiger partial charge in [-0.15, -0.1) is 0 Å². The fourth-order valence-corrected chi connectivity index (χ4v) is 3.45. The summed E-state index contributed by atoms with van der Waals surface area (Å²) in [5, 5.41) is 29.3. The number of hydrogen-bond donors (Lipinski definition) is 4. The summed E-state index contributed by atoms with van der Waals surface area (Å²) >= 11 is 0. The Bertz CT molecular complexity index is 279. The molecule has 5 heteroatoms. The molecular weight excluding hydrogens is 304 g/mol. The van der Waals surface area contributed by atoms with Crippen LogP contribution >= 0.6 is 0 Å². The predicted octanol–water partition coefficient (Wildman–Crippen LogP) is 2.59. The van der Waals surface area contributed by atoms with Crippen LogP contribution in [0.4, 0.5) is 0 Å². The fourth-order valence-electron chi connectivity index (χ4n) is 3.45. The van der Waals surface area contributed by atoms with Crippen LogP contribution < -0.4 is 5.43 Å². The third kappa shape index (κ3) is 11.4. The Hall–Kier alpha value is -0.200. The molecule has 0 aromatic carbocycles. The minimum Gasteiger partial charge on any atom is -0.393 e. The number of quaternary nitrogens is 1. The molecule has 0 fully saturated rings. The normalized spacial score (nSPS) is 16.8. The highest BCUT2D eigenvalue weighted by Crippen LogP contribution is 2.14. The highest BCUT2D eigenvalue weighted by molar-refractivity contribution is 4.59. The molecule has 0 spiro atoms. The van der Waals surface area contributed by atoms with E-state index in [-0.39, 0.29) is 12.7 Å². The summed E-state index contributed by atoms with van der Waals surface area (Å²) in [5.41, 5.74) is 3.25. The molecule has 0 bridgehead atoms. The Balaban J connectivity index is 4.06. The summed E-state index contributed by atoms with van der Waals surface area (Å²) in [6, 6.07) is 0. The van der Waals surface area contributed by atoms with Crippen molar-refractivity contribution in [2.24, 2.45) is 0 Å². The average molecular weight is 348 g/mol. The lowest BCUT2D eigenvalue weighted by molar-refractivity contribution is -0.972. The van der Waals surface area contributed by atoms with Gasteiger partial charge in [-0.25, -0.2) is 4.59 Å². The molecular formula is C19H43N2O3+. The monoisotopic (exact) mass is 347 g/mol. The summed E-state index contributed by atoms with van der Waals surface area (Å²) < 4.78 is 0.455. The van der Waals surface area contributed by atoms with Gasteiger partial charge in [-0.2, -0.15) is 5.43 Å². The molecule has 0 aliphatic rings. The highest BCUT2D eigenvalue weighted by Gasteiger charge is 2.31. The van der Waals surface area contributed by atoms with Crippen molar-refractivity contribution in [3.8, 4) is 0 Å². The van der Waals surface area contributed by atoms with Gasteiger partial charge < -0.3 is 15.3 Å². The average Bonchev–Trinajstić information content (AvgIpc) is 2.57. The van der Waals surface area contributed by atoms with Gasteiger partial charge in [0.1, 0.15) is 25.3 Å². The van der Waals surface area contributed by atoms with E-state index in [1.807, 2.05) is 7.05 Å². The first kappa shape index (κ1) is 23.8. The van der Waals surface area contributed by atoms with Gasteiger partial charge in [-0.1, -0.05) is 65.2 Å². The van der Waals surface area contributed by atoms with Crippen molar-refractivity contribution in [1.82, 2.24) is 5.43 Å². The molecule has 0 aliphatic heterocycles. The van der Waals surface area contributed by atoms with E-state index in [0.717, 1.165) is 25.8 Å². The lowest BCUT2D eigenvalue weighted by Crippen LogP contribution is -2.63. The molecule has 3 unspecified atom stereocenters. The smallest absolute Gasteiger partial charge is 0.128 e. The van der Waals surface area contributed by atoms with Crippen LogP contribution in [-0.2, 0) is 0 Å². The van der Waals surface area contributed by atoms with Crippen molar-refractivity contribution in [3.05, 3.63) is 0 Å². The second kappa shape index (κ2) is 15.1. The molecule has 0 amide bonds. The summed E-state index contributed by atoms with van der Waals surface area (Å²) in [4.78, 5) is 0. The first-order valence-corrected chi connectivity index (χ1v) is 10.1. The number of aliphatic hydroxyl groups excluding tert-OH is 3. The lowest BCUT2D eigenvalue weighted by atomic mass is 10.1. The van der Waals surface area contributed by atoms with Crippen molar-refractivity contribution >= 4 is 0 Å². The molecule has 0 heterocycles. The van der Waals surface area contributed by atoms with Crippen molar-refractivity contribution in [2.75, 3.05) is 33.3 Å². The Kier molecular flexibility index (Phi) is 15.0. The summed E-state index contributed by atoms with van der Waals surface area (Å²) in [5.74, 6) is 0. The molecule has 4 N–H and O–H groups in total. The van der Waals surface area contributed by atoms with Gasteiger partial charge >= 0.3 is 0 Å². The van der Waals surface area contributed by atoms with Gasteiger partial charge in [0.25, 0.3) is 0 Å². The van der Waals surface area contributed by atoms with E-state index in [9.17, 15) is 10.2 Å². The van der Waals surface area contributed by atoms with E-state index in [1.165, 1.54) is 44.9 Å². The lowest BCUT2D eigenvalue weighted by Gasteiger charge is -2.39. The minimum absolute atomic E-state index is 0.237. The molecule has 0 aromatic heterocycles. The van der Waals surface area contributed by atoms with Crippen LogP contribution in [0.25, 0.3) is 0 Å². The largest absolute Gasteiger partial charge is 0.393 e. The Labute approximate surface area is 149 Å². The van der Waals surface area contributed by atoms with Crippen LogP contribution in [0, 0.1) is 0 Å². The molecule has 0 radical (unpaired) electrons. The SMILES string of the molecule is CCCCCCCCCCC(O)C[N+](CCC)(CC(O)CO)NC. The predicted molar refractivity (Wildman–Crippen MR) is 101 cm³/mol. The van der Waals surface area contributed by atoms with Crippen molar-refractivity contribution in [1.29, 1.82) is 0 Å². The maximum Gasteiger partial charge on any atom is 0.128 e. The van der Waals surface area contributed by atoms with Gasteiger partial charge in [0, 0.05) is 7.05 Å². The highest BCUT2D eigenvalue weighted by atomic mass is 16.3. The molecule has 24 heavy (non-hydrogen) atoms. The third-order valence-electron chi connectivity index (χ3n) is 4.85. The zero-order chi connectivity index (χ0) is 18.3. The zero-order valence-electron chi connectivity index (χ0n) is 16.3. The second-order valence-electron chi connectivity index (χ2n) is 7.21. The van der Waals surface area contributed by atoms with Crippen molar-refractivity contribution < 1.29 is 19.9 Å². The number of hydrogen-bond acceptors (Lipinski definition) is 4. The van der Waals surface area contributed by atoms with Crippen molar-refractivity contribution in [3.63, 3.8) is 0 Å². The topological polar surface area (TPSA) is 72.7 Å². The van der Waals surface area contributed by atoms with E-state index in [2.05, 4.69) is 19.3 Å². The summed E-state index contributed by atoms with van der Waals surface area (Å²) in [6.45, 7) is 5.94. The number of unbranched alkanes of at least 4 members (excludes halogenated alkanes) is 7. The summed E-state index contributed by atoms with van der Waals surface area (Å²) in [6.07, 6.45) is 10.8. The first-order chi connectivity index (χ1) is 11.5. The second-order valence-corrected chi connectivity index (χ2v) is 7.21. The number of aliphatic hydroxyl groups is 3. The van der Waals surface area contributed by atoms with Crippen LogP contribution in [0.5, 0.6) is 0 Å². The molecule has 5 nitrogen and oxygen atoms in total. The van der Waals surface area contributed by atoms with Crippen LogP contribution in [0.1, 0.15) is 78.1 Å². The molecule has 146 valence electrons. The van der Waals surface area contributed by atoms with Gasteiger partial charge in [0.2, 0.25) is 0 Å². The van der Waals surface area contributed by atoms with E-state index in [1.54, 1.807) is 0 Å². The molecule has 0 saturated heterocycles. The maximum atomic E-state index is 10.4. The number of nitrogens with one attached hydrogen (secondary N) is 1. The van der Waals surface area contributed by atoms with Gasteiger partial charge in [-0.3, -0.25) is 0 Å². The Morgan fingerprint density at radius 1 is 0.792 bits per heavy atom. The molecule has 0 aromatic rings. The number of rotatable bonds is 17. The first-order valence-electron chi connectivity index (χ1n) is 10.1. The van der Waals surface area contributed by atoms with E-state index in [4.69, 9.17) is 5.11 Å². The van der Waals surface area contributed by atoms with E-state index >= 15 is 0 Å². The van der Waals surface area contributed by atoms with Crippen LogP contribution in [0.3, 0.4) is 0 Å². The third-order valence-corrected chi connectivity index (χ3v) is 4.85. The standard InChI is InChI=1S/C19H43N2O3/c1-4-6-7-8-9-10-11-12-13-18(23)15-21(20-3,14-5-2)16-19(24)17-22/h18-20,22-24H,4-17H2,1-3H3/q+1. The maximum absolute atomic E-state index is 10.4. The molecule has 0 aliphatic carbocycles. The molecule has 0 saturated carbocycles. The van der Waals surface area contributed by atoms with Gasteiger partial charge in [0.05, 0.1) is 13.2 Å². The Morgan fingerprint density at radius 3 is 1.83 bits per heavy atom. The van der Waals surface area contributed by atoms with Gasteiger partial charge in [-0.05, 0) is 12.8 Å². The van der Waals surface area contributed by atoms with Crippen LogP contribution in [-0.4, -0.2) is 65.4 Å². The summed E-state index contributed by atoms with van der Waals surface area (Å²) in [7, 11) is 1.86. The van der Waals surface area contributed by atoms with E-state index < -0.39 is 6.10 Å². The van der Waals surface area contributed by atoms with Crippen molar-refractivity contribution in [2.45, 2.75) is 90.3 Å². The quantitative estimate of drug-likeness (QED) is 0.185. The minimum atomic E-state index is -0.751. The van der Waals surface area contributed by atoms with Crippen LogP contribution in [0.2, 0.25) is 0 Å².